The summed E-state index contributed by atoms with van der Waals surface area (Å²) in [6.45, 7) is 4.84. The zero-order valence-electron chi connectivity index (χ0n) is 18.5. The second-order valence-corrected chi connectivity index (χ2v) is 9.52. The highest BCUT2D eigenvalue weighted by molar-refractivity contribution is 8.00. The first-order chi connectivity index (χ1) is 16.1. The molecule has 4 rings (SSSR count). The molecule has 0 saturated heterocycles. The molecule has 0 unspecified atom stereocenters. The van der Waals surface area contributed by atoms with Gasteiger partial charge in [0.2, 0.25) is 5.91 Å². The molecule has 1 amide bonds. The maximum atomic E-state index is 13.0. The van der Waals surface area contributed by atoms with Gasteiger partial charge in [-0.05, 0) is 49.2 Å². The van der Waals surface area contributed by atoms with E-state index in [1.807, 2.05) is 30.5 Å². The number of halogens is 4. The third-order valence-electron chi connectivity index (χ3n) is 5.52. The van der Waals surface area contributed by atoms with E-state index in [9.17, 15) is 18.0 Å². The van der Waals surface area contributed by atoms with Gasteiger partial charge in [-0.25, -0.2) is 0 Å². The van der Waals surface area contributed by atoms with Crippen molar-refractivity contribution < 1.29 is 18.0 Å². The van der Waals surface area contributed by atoms with Gasteiger partial charge in [0.25, 0.3) is 0 Å². The van der Waals surface area contributed by atoms with Gasteiger partial charge in [-0.2, -0.15) is 13.2 Å². The standard InChI is InChI=1S/C26H22ClF3N2OS/c1-16-7-8-17(2)18(11-16)13-32-14-24(20-5-3-4-6-23(20)32)34-15-25(33)31-22-12-19(26(28,29)30)9-10-21(22)27/h3-12,14H,13,15H2,1-2H3,(H,31,33). The number of benzene rings is 3. The van der Waals surface area contributed by atoms with Crippen LogP contribution in [-0.2, 0) is 17.5 Å². The summed E-state index contributed by atoms with van der Waals surface area (Å²) in [4.78, 5) is 13.5. The number of hydrogen-bond donors (Lipinski definition) is 1. The molecular weight excluding hydrogens is 481 g/mol. The third kappa shape index (κ3) is 5.42. The Labute approximate surface area is 204 Å². The van der Waals surface area contributed by atoms with E-state index < -0.39 is 17.6 Å². The average molecular weight is 503 g/mol. The Morgan fingerprint density at radius 3 is 2.59 bits per heavy atom. The number of hydrogen-bond acceptors (Lipinski definition) is 2. The predicted octanol–water partition coefficient (Wildman–Crippen LogP) is 7.71. The maximum absolute atomic E-state index is 13.0. The van der Waals surface area contributed by atoms with E-state index in [0.29, 0.717) is 6.54 Å². The number of carbonyl (C=O) groups is 1. The first-order valence-electron chi connectivity index (χ1n) is 10.6. The van der Waals surface area contributed by atoms with Gasteiger partial charge in [-0.1, -0.05) is 53.6 Å². The van der Waals surface area contributed by atoms with Crippen LogP contribution in [-0.4, -0.2) is 16.2 Å². The number of carbonyl (C=O) groups excluding carboxylic acids is 1. The SMILES string of the molecule is Cc1ccc(C)c(Cn2cc(SCC(=O)Nc3cc(C(F)(F)F)ccc3Cl)c3ccccc32)c1. The van der Waals surface area contributed by atoms with Crippen LogP contribution in [0.5, 0.6) is 0 Å². The number of nitrogens with zero attached hydrogens (tertiary/aromatic N) is 1. The number of anilines is 1. The summed E-state index contributed by atoms with van der Waals surface area (Å²) in [7, 11) is 0. The van der Waals surface area contributed by atoms with E-state index in [2.05, 4.69) is 41.9 Å². The number of aromatic nitrogens is 1. The van der Waals surface area contributed by atoms with Crippen molar-refractivity contribution in [3.8, 4) is 0 Å². The second kappa shape index (κ2) is 9.76. The molecule has 0 spiro atoms. The quantitative estimate of drug-likeness (QED) is 0.274. The highest BCUT2D eigenvalue weighted by atomic mass is 35.5. The number of alkyl halides is 3. The van der Waals surface area contributed by atoms with Crippen LogP contribution in [0.3, 0.4) is 0 Å². The van der Waals surface area contributed by atoms with Crippen molar-refractivity contribution in [3.63, 3.8) is 0 Å². The number of fused-ring (bicyclic) bond motifs is 1. The maximum Gasteiger partial charge on any atom is 0.416 e. The molecule has 1 N–H and O–H groups in total. The number of para-hydroxylation sites is 1. The van der Waals surface area contributed by atoms with Crippen LogP contribution in [0.4, 0.5) is 18.9 Å². The molecule has 0 saturated carbocycles. The van der Waals surface area contributed by atoms with E-state index >= 15 is 0 Å². The van der Waals surface area contributed by atoms with Crippen LogP contribution >= 0.6 is 23.4 Å². The molecule has 0 radical (unpaired) electrons. The summed E-state index contributed by atoms with van der Waals surface area (Å²) >= 11 is 7.33. The first kappa shape index (κ1) is 24.2. The molecule has 0 fully saturated rings. The Kier molecular flexibility index (Phi) is 6.96. The monoisotopic (exact) mass is 502 g/mol. The fraction of sp³-hybridized carbons (Fsp3) is 0.192. The summed E-state index contributed by atoms with van der Waals surface area (Å²) in [6, 6.07) is 17.2. The Hall–Kier alpha value is -2.90. The molecule has 0 aliphatic carbocycles. The second-order valence-electron chi connectivity index (χ2n) is 8.10. The summed E-state index contributed by atoms with van der Waals surface area (Å²) < 4.78 is 41.1. The van der Waals surface area contributed by atoms with Gasteiger partial charge in [0.05, 0.1) is 22.0 Å². The third-order valence-corrected chi connectivity index (χ3v) is 6.90. The molecule has 8 heteroatoms. The van der Waals surface area contributed by atoms with Crippen molar-refractivity contribution in [1.82, 2.24) is 4.57 Å². The summed E-state index contributed by atoms with van der Waals surface area (Å²) in [5.74, 6) is -0.401. The van der Waals surface area contributed by atoms with Crippen molar-refractivity contribution in [2.24, 2.45) is 0 Å². The topological polar surface area (TPSA) is 34.0 Å². The van der Waals surface area contributed by atoms with Crippen LogP contribution in [0.15, 0.2) is 71.8 Å². The molecule has 1 heterocycles. The lowest BCUT2D eigenvalue weighted by Gasteiger charge is -2.11. The van der Waals surface area contributed by atoms with Crippen molar-refractivity contribution in [1.29, 1.82) is 0 Å². The van der Waals surface area contributed by atoms with Crippen LogP contribution in [0.1, 0.15) is 22.3 Å². The minimum Gasteiger partial charge on any atom is -0.342 e. The number of amides is 1. The van der Waals surface area contributed by atoms with Crippen LogP contribution in [0.25, 0.3) is 10.9 Å². The van der Waals surface area contributed by atoms with Crippen molar-refractivity contribution in [2.45, 2.75) is 31.5 Å². The lowest BCUT2D eigenvalue weighted by molar-refractivity contribution is -0.137. The van der Waals surface area contributed by atoms with Gasteiger partial charge in [-0.15, -0.1) is 11.8 Å². The summed E-state index contributed by atoms with van der Waals surface area (Å²) in [5.41, 5.74) is 3.74. The molecule has 3 nitrogen and oxygen atoms in total. The van der Waals surface area contributed by atoms with Crippen molar-refractivity contribution in [2.75, 3.05) is 11.1 Å². The lowest BCUT2D eigenvalue weighted by Crippen LogP contribution is -2.15. The number of rotatable bonds is 6. The highest BCUT2D eigenvalue weighted by Gasteiger charge is 2.31. The summed E-state index contributed by atoms with van der Waals surface area (Å²) in [5, 5.41) is 3.57. The number of aryl methyl sites for hydroxylation is 2. The van der Waals surface area contributed by atoms with Crippen molar-refractivity contribution in [3.05, 3.63) is 94.1 Å². The van der Waals surface area contributed by atoms with E-state index in [4.69, 9.17) is 11.6 Å². The summed E-state index contributed by atoms with van der Waals surface area (Å²) in [6.07, 6.45) is -2.50. The van der Waals surface area contributed by atoms with Gasteiger partial charge in [0.1, 0.15) is 0 Å². The largest absolute Gasteiger partial charge is 0.416 e. The lowest BCUT2D eigenvalue weighted by atomic mass is 10.1. The fourth-order valence-corrected chi connectivity index (χ4v) is 4.79. The molecule has 0 bridgehead atoms. The van der Waals surface area contributed by atoms with E-state index in [1.165, 1.54) is 28.5 Å². The molecule has 4 aromatic rings. The van der Waals surface area contributed by atoms with Crippen LogP contribution < -0.4 is 5.32 Å². The normalized spacial score (nSPS) is 11.7. The minimum absolute atomic E-state index is 0.0318. The van der Waals surface area contributed by atoms with E-state index in [-0.39, 0.29) is 16.5 Å². The van der Waals surface area contributed by atoms with Gasteiger partial charge >= 0.3 is 6.18 Å². The van der Waals surface area contributed by atoms with Gasteiger partial charge in [0.15, 0.2) is 0 Å². The van der Waals surface area contributed by atoms with Gasteiger partial charge < -0.3 is 9.88 Å². The highest BCUT2D eigenvalue weighted by Crippen LogP contribution is 2.35. The predicted molar refractivity (Wildman–Crippen MR) is 133 cm³/mol. The molecular formula is C26H22ClF3N2OS. The van der Waals surface area contributed by atoms with E-state index in [1.54, 1.807) is 0 Å². The molecule has 176 valence electrons. The molecule has 0 atom stereocenters. The van der Waals surface area contributed by atoms with Crippen LogP contribution in [0.2, 0.25) is 5.02 Å². The average Bonchev–Trinajstić information content (AvgIpc) is 3.13. The zero-order valence-corrected chi connectivity index (χ0v) is 20.1. The first-order valence-corrected chi connectivity index (χ1v) is 11.9. The number of nitrogens with one attached hydrogen (secondary N) is 1. The molecule has 3 aromatic carbocycles. The Balaban J connectivity index is 1.52. The Morgan fingerprint density at radius 2 is 1.82 bits per heavy atom. The van der Waals surface area contributed by atoms with Crippen LogP contribution in [0, 0.1) is 13.8 Å². The minimum atomic E-state index is -4.52. The Morgan fingerprint density at radius 1 is 1.06 bits per heavy atom. The smallest absolute Gasteiger partial charge is 0.342 e. The molecule has 1 aromatic heterocycles. The molecule has 34 heavy (non-hydrogen) atoms. The molecule has 0 aliphatic heterocycles. The number of thioether (sulfide) groups is 1. The fourth-order valence-electron chi connectivity index (χ4n) is 3.74. The van der Waals surface area contributed by atoms with Crippen molar-refractivity contribution >= 4 is 45.9 Å². The zero-order chi connectivity index (χ0) is 24.5. The Bertz CT molecular complexity index is 1360. The van der Waals surface area contributed by atoms with E-state index in [0.717, 1.165) is 34.0 Å². The molecule has 0 aliphatic rings. The van der Waals surface area contributed by atoms with Gasteiger partial charge in [0, 0.05) is 28.5 Å². The van der Waals surface area contributed by atoms with Gasteiger partial charge in [-0.3, -0.25) is 4.79 Å².